The lowest BCUT2D eigenvalue weighted by Crippen LogP contribution is -2.23. The summed E-state index contributed by atoms with van der Waals surface area (Å²) in [5, 5.41) is 19.2. The second-order valence-electron chi connectivity index (χ2n) is 4.11. The van der Waals surface area contributed by atoms with Crippen LogP contribution in [-0.4, -0.2) is 32.0 Å². The summed E-state index contributed by atoms with van der Waals surface area (Å²) in [4.78, 5) is 22.5. The smallest absolute Gasteiger partial charge is 0.325 e. The van der Waals surface area contributed by atoms with Gasteiger partial charge >= 0.3 is 5.97 Å². The number of hydrogen-bond donors (Lipinski definition) is 2. The third kappa shape index (κ3) is 4.27. The highest BCUT2D eigenvalue weighted by Gasteiger charge is 2.11. The van der Waals surface area contributed by atoms with Gasteiger partial charge in [0.05, 0.1) is 18.3 Å². The van der Waals surface area contributed by atoms with Crippen LogP contribution in [-0.2, 0) is 17.9 Å². The number of benzene rings is 1. The van der Waals surface area contributed by atoms with Crippen LogP contribution in [0.3, 0.4) is 0 Å². The van der Waals surface area contributed by atoms with Crippen molar-refractivity contribution in [2.24, 2.45) is 0 Å². The number of carboxylic acid groups (broad SMARTS) is 1. The number of nitrogens with zero attached hydrogens (tertiary/aromatic N) is 3. The van der Waals surface area contributed by atoms with Crippen molar-refractivity contribution >= 4 is 39.4 Å². The Kier molecular flexibility index (Phi) is 4.92. The van der Waals surface area contributed by atoms with Crippen LogP contribution in [0.5, 0.6) is 0 Å². The van der Waals surface area contributed by atoms with Gasteiger partial charge in [0.25, 0.3) is 5.91 Å². The molecule has 9 heteroatoms. The van der Waals surface area contributed by atoms with Crippen LogP contribution in [0.15, 0.2) is 28.9 Å². The fourth-order valence-electron chi connectivity index (χ4n) is 1.57. The number of nitrogens with one attached hydrogen (secondary N) is 1. The van der Waals surface area contributed by atoms with Crippen molar-refractivity contribution < 1.29 is 14.7 Å². The van der Waals surface area contributed by atoms with Gasteiger partial charge in [0.15, 0.2) is 0 Å². The zero-order chi connectivity index (χ0) is 15.4. The molecule has 0 aliphatic rings. The lowest BCUT2D eigenvalue weighted by molar-refractivity contribution is -0.137. The minimum Gasteiger partial charge on any atom is -0.480 e. The molecule has 1 aromatic heterocycles. The van der Waals surface area contributed by atoms with Crippen LogP contribution < -0.4 is 5.32 Å². The molecule has 0 fully saturated rings. The lowest BCUT2D eigenvalue weighted by Gasteiger charge is -2.05. The topological polar surface area (TPSA) is 97.1 Å². The van der Waals surface area contributed by atoms with Gasteiger partial charge in [-0.3, -0.25) is 9.59 Å². The number of aromatic nitrogens is 3. The molecule has 0 unspecified atom stereocenters. The van der Waals surface area contributed by atoms with E-state index in [9.17, 15) is 9.59 Å². The van der Waals surface area contributed by atoms with Crippen molar-refractivity contribution in [1.29, 1.82) is 0 Å². The first-order chi connectivity index (χ1) is 9.95. The van der Waals surface area contributed by atoms with E-state index in [1.807, 2.05) is 0 Å². The molecule has 21 heavy (non-hydrogen) atoms. The van der Waals surface area contributed by atoms with Gasteiger partial charge in [0.1, 0.15) is 12.2 Å². The minimum atomic E-state index is -1.02. The molecule has 0 atom stereocenters. The van der Waals surface area contributed by atoms with E-state index in [-0.39, 0.29) is 19.0 Å². The molecular weight excluding hydrogens is 364 g/mol. The number of hydrogen-bond acceptors (Lipinski definition) is 4. The molecule has 0 aliphatic carbocycles. The van der Waals surface area contributed by atoms with Crippen molar-refractivity contribution in [1.82, 2.24) is 20.3 Å². The summed E-state index contributed by atoms with van der Waals surface area (Å²) in [5.41, 5.74) is 0.864. The van der Waals surface area contributed by atoms with Gasteiger partial charge < -0.3 is 10.4 Å². The molecule has 2 rings (SSSR count). The molecule has 0 spiro atoms. The Balaban J connectivity index is 1.99. The number of carbonyl (C=O) groups is 2. The highest BCUT2D eigenvalue weighted by atomic mass is 79.9. The van der Waals surface area contributed by atoms with Crippen LogP contribution in [0, 0.1) is 0 Å². The molecule has 7 nitrogen and oxygen atoms in total. The molecule has 0 saturated carbocycles. The predicted octanol–water partition coefficient (Wildman–Crippen LogP) is 1.71. The van der Waals surface area contributed by atoms with Gasteiger partial charge in [0.2, 0.25) is 0 Å². The summed E-state index contributed by atoms with van der Waals surface area (Å²) in [6, 6.07) is 4.89. The predicted molar refractivity (Wildman–Crippen MR) is 78.0 cm³/mol. The Bertz CT molecular complexity index is 689. The maximum Gasteiger partial charge on any atom is 0.325 e. The van der Waals surface area contributed by atoms with Crippen LogP contribution in [0.25, 0.3) is 0 Å². The average molecular weight is 374 g/mol. The zero-order valence-electron chi connectivity index (χ0n) is 10.6. The monoisotopic (exact) mass is 372 g/mol. The molecule has 0 bridgehead atoms. The maximum absolute atomic E-state index is 12.0. The second-order valence-corrected chi connectivity index (χ2v) is 5.40. The molecular formula is C12H10BrClN4O3. The Hall–Kier alpha value is -1.93. The van der Waals surface area contributed by atoms with Crippen LogP contribution in [0.1, 0.15) is 16.1 Å². The summed E-state index contributed by atoms with van der Waals surface area (Å²) < 4.78 is 1.80. The van der Waals surface area contributed by atoms with Crippen LogP contribution >= 0.6 is 27.5 Å². The molecule has 2 aromatic rings. The Morgan fingerprint density at radius 3 is 2.90 bits per heavy atom. The van der Waals surface area contributed by atoms with Gasteiger partial charge in [0, 0.05) is 9.50 Å². The van der Waals surface area contributed by atoms with Gasteiger partial charge in [-0.15, -0.1) is 5.10 Å². The summed E-state index contributed by atoms with van der Waals surface area (Å²) in [7, 11) is 0. The first-order valence-electron chi connectivity index (χ1n) is 5.80. The van der Waals surface area contributed by atoms with Crippen molar-refractivity contribution in [3.05, 3.63) is 45.1 Å². The second kappa shape index (κ2) is 6.68. The number of carbonyl (C=O) groups excluding carboxylic acids is 1. The highest BCUT2D eigenvalue weighted by molar-refractivity contribution is 9.10. The fourth-order valence-corrected chi connectivity index (χ4v) is 2.17. The quantitative estimate of drug-likeness (QED) is 0.831. The number of amides is 1. The summed E-state index contributed by atoms with van der Waals surface area (Å²) >= 11 is 9.12. The molecule has 0 radical (unpaired) electrons. The molecule has 0 saturated heterocycles. The van der Waals surface area contributed by atoms with E-state index < -0.39 is 5.97 Å². The largest absolute Gasteiger partial charge is 0.480 e. The first kappa shape index (κ1) is 15.5. The third-order valence-corrected chi connectivity index (χ3v) is 3.41. The number of carboxylic acids is 1. The summed E-state index contributed by atoms with van der Waals surface area (Å²) in [5.74, 6) is -1.34. The molecule has 1 amide bonds. The van der Waals surface area contributed by atoms with E-state index in [0.29, 0.717) is 20.8 Å². The van der Waals surface area contributed by atoms with Crippen LogP contribution in [0.4, 0.5) is 0 Å². The van der Waals surface area contributed by atoms with Gasteiger partial charge in [-0.05, 0) is 34.1 Å². The molecule has 2 N–H and O–H groups in total. The van der Waals surface area contributed by atoms with E-state index >= 15 is 0 Å². The van der Waals surface area contributed by atoms with Crippen molar-refractivity contribution in [3.63, 3.8) is 0 Å². The summed E-state index contributed by atoms with van der Waals surface area (Å²) in [6.45, 7) is -0.141. The Morgan fingerprint density at radius 1 is 1.43 bits per heavy atom. The normalized spacial score (nSPS) is 10.4. The van der Waals surface area contributed by atoms with E-state index in [4.69, 9.17) is 16.7 Å². The van der Waals surface area contributed by atoms with E-state index in [0.717, 1.165) is 0 Å². The van der Waals surface area contributed by atoms with E-state index in [1.54, 1.807) is 18.2 Å². The number of rotatable bonds is 5. The van der Waals surface area contributed by atoms with Crippen molar-refractivity contribution in [2.45, 2.75) is 13.1 Å². The fraction of sp³-hybridized carbons (Fsp3) is 0.167. The van der Waals surface area contributed by atoms with E-state index in [2.05, 4.69) is 31.6 Å². The zero-order valence-corrected chi connectivity index (χ0v) is 12.9. The van der Waals surface area contributed by atoms with Gasteiger partial charge in [-0.25, -0.2) is 4.68 Å². The lowest BCUT2D eigenvalue weighted by atomic mass is 10.2. The molecule has 1 heterocycles. The van der Waals surface area contributed by atoms with Crippen molar-refractivity contribution in [3.8, 4) is 0 Å². The summed E-state index contributed by atoms with van der Waals surface area (Å²) in [6.07, 6.45) is 1.46. The highest BCUT2D eigenvalue weighted by Crippen LogP contribution is 2.21. The van der Waals surface area contributed by atoms with Crippen molar-refractivity contribution in [2.75, 3.05) is 0 Å². The molecule has 1 aromatic carbocycles. The first-order valence-corrected chi connectivity index (χ1v) is 6.97. The Labute approximate surface area is 133 Å². The number of halogens is 2. The SMILES string of the molecule is O=C(O)Cn1cc(CNC(=O)c2cc(Cl)ccc2Br)nn1. The Morgan fingerprint density at radius 2 is 2.19 bits per heavy atom. The van der Waals surface area contributed by atoms with Gasteiger partial charge in [-0.1, -0.05) is 16.8 Å². The van der Waals surface area contributed by atoms with Gasteiger partial charge in [-0.2, -0.15) is 0 Å². The standard InChI is InChI=1S/C12H10BrClN4O3/c13-10-2-1-7(14)3-9(10)12(21)15-4-8-5-18(17-16-8)6-11(19)20/h1-3,5H,4,6H2,(H,15,21)(H,19,20). The number of aliphatic carboxylic acids is 1. The maximum atomic E-state index is 12.0. The minimum absolute atomic E-state index is 0.136. The van der Waals surface area contributed by atoms with Crippen LogP contribution in [0.2, 0.25) is 5.02 Å². The molecule has 110 valence electrons. The third-order valence-electron chi connectivity index (χ3n) is 2.49. The average Bonchev–Trinajstić information content (AvgIpc) is 2.85. The van der Waals surface area contributed by atoms with E-state index in [1.165, 1.54) is 10.9 Å². The molecule has 0 aliphatic heterocycles.